The maximum atomic E-state index is 12.8. The monoisotopic (exact) mass is 347 g/mol. The van der Waals surface area contributed by atoms with E-state index in [4.69, 9.17) is 16.3 Å². The molecule has 4 rings (SSSR count). The van der Waals surface area contributed by atoms with Gasteiger partial charge >= 0.3 is 6.03 Å². The smallest absolute Gasteiger partial charge is 0.322 e. The van der Waals surface area contributed by atoms with Crippen molar-refractivity contribution in [1.82, 2.24) is 20.1 Å². The zero-order valence-corrected chi connectivity index (χ0v) is 13.8. The maximum Gasteiger partial charge on any atom is 0.322 e. The molecular weight excluding hydrogens is 330 g/mol. The number of hydrogen-bond donors (Lipinski definition) is 2. The molecule has 0 spiro atoms. The second-order valence-corrected chi connectivity index (χ2v) is 6.48. The summed E-state index contributed by atoms with van der Waals surface area (Å²) in [7, 11) is 0. The van der Waals surface area contributed by atoms with Crippen molar-refractivity contribution < 1.29 is 9.53 Å². The molecule has 8 heteroatoms. The Morgan fingerprint density at radius 1 is 1.42 bits per heavy atom. The van der Waals surface area contributed by atoms with E-state index in [1.165, 1.54) is 6.33 Å². The van der Waals surface area contributed by atoms with Crippen LogP contribution in [0.2, 0.25) is 5.02 Å². The number of piperidine rings is 1. The molecule has 24 heavy (non-hydrogen) atoms. The molecule has 126 valence electrons. The molecule has 2 aliphatic rings. The molecular formula is C16H18ClN5O2. The Hall–Kier alpha value is -2.28. The lowest BCUT2D eigenvalue weighted by atomic mass is 10.0. The molecule has 2 N–H and O–H groups in total. The van der Waals surface area contributed by atoms with Gasteiger partial charge in [0.2, 0.25) is 0 Å². The standard InChI is InChI=1S/C16H18ClN5O2/c17-11-7-10-4-6-24-14(10)12(8-11)20-16(23)22-5-2-1-3-13(22)15-18-9-19-21-15/h7-9,13H,1-6H2,(H,20,23)(H,18,19,21). The molecule has 1 atom stereocenters. The average molecular weight is 348 g/mol. The van der Waals surface area contributed by atoms with Gasteiger partial charge in [-0.3, -0.25) is 5.10 Å². The highest BCUT2D eigenvalue weighted by Gasteiger charge is 2.31. The third-order valence-electron chi connectivity index (χ3n) is 4.50. The van der Waals surface area contributed by atoms with Crippen molar-refractivity contribution in [3.05, 3.63) is 34.9 Å². The van der Waals surface area contributed by atoms with E-state index in [0.717, 1.165) is 42.8 Å². The first-order chi connectivity index (χ1) is 11.7. The minimum absolute atomic E-state index is 0.0885. The third-order valence-corrected chi connectivity index (χ3v) is 4.72. The number of carbonyl (C=O) groups excluding carboxylic acids is 1. The lowest BCUT2D eigenvalue weighted by Gasteiger charge is -2.34. The Balaban J connectivity index is 1.57. The number of aromatic amines is 1. The number of urea groups is 1. The highest BCUT2D eigenvalue weighted by molar-refractivity contribution is 6.31. The first-order valence-electron chi connectivity index (χ1n) is 8.10. The number of ether oxygens (including phenoxy) is 1. The van der Waals surface area contributed by atoms with Crippen molar-refractivity contribution in [1.29, 1.82) is 0 Å². The Labute approximate surface area is 144 Å². The zero-order valence-electron chi connectivity index (χ0n) is 13.1. The van der Waals surface area contributed by atoms with Gasteiger partial charge in [0.1, 0.15) is 17.9 Å². The molecule has 1 saturated heterocycles. The minimum atomic E-state index is -0.170. The van der Waals surface area contributed by atoms with Crippen LogP contribution in [0, 0.1) is 0 Å². The molecule has 3 heterocycles. The first-order valence-corrected chi connectivity index (χ1v) is 8.48. The molecule has 2 aromatic rings. The van der Waals surface area contributed by atoms with Crippen molar-refractivity contribution in [2.24, 2.45) is 0 Å². The van der Waals surface area contributed by atoms with Crippen LogP contribution < -0.4 is 10.1 Å². The molecule has 1 unspecified atom stereocenters. The van der Waals surface area contributed by atoms with E-state index in [0.29, 0.717) is 23.9 Å². The van der Waals surface area contributed by atoms with Gasteiger partial charge in [0.15, 0.2) is 0 Å². The Kier molecular flexibility index (Phi) is 4.02. The number of H-pyrrole nitrogens is 1. The number of likely N-dealkylation sites (tertiary alicyclic amines) is 1. The second-order valence-electron chi connectivity index (χ2n) is 6.05. The van der Waals surface area contributed by atoms with Crippen molar-refractivity contribution in [2.45, 2.75) is 31.7 Å². The van der Waals surface area contributed by atoms with Crippen LogP contribution in [0.4, 0.5) is 10.5 Å². The molecule has 0 bridgehead atoms. The van der Waals surface area contributed by atoms with E-state index in [1.54, 1.807) is 11.0 Å². The number of benzene rings is 1. The molecule has 0 aliphatic carbocycles. The van der Waals surface area contributed by atoms with Gasteiger partial charge in [-0.05, 0) is 31.4 Å². The van der Waals surface area contributed by atoms with E-state index in [2.05, 4.69) is 20.5 Å². The van der Waals surface area contributed by atoms with Crippen molar-refractivity contribution in [2.75, 3.05) is 18.5 Å². The number of amides is 2. The normalized spacial score (nSPS) is 19.7. The highest BCUT2D eigenvalue weighted by atomic mass is 35.5. The number of anilines is 1. The van der Waals surface area contributed by atoms with Gasteiger partial charge in [-0.2, -0.15) is 5.10 Å². The van der Waals surface area contributed by atoms with E-state index in [9.17, 15) is 4.79 Å². The summed E-state index contributed by atoms with van der Waals surface area (Å²) < 4.78 is 5.65. The molecule has 2 amide bonds. The Morgan fingerprint density at radius 2 is 2.33 bits per heavy atom. The number of halogens is 1. The summed E-state index contributed by atoms with van der Waals surface area (Å²) in [6, 6.07) is 3.36. The quantitative estimate of drug-likeness (QED) is 0.874. The largest absolute Gasteiger partial charge is 0.491 e. The SMILES string of the molecule is O=C(Nc1cc(Cl)cc2c1OCC2)N1CCCCC1c1ncn[nH]1. The van der Waals surface area contributed by atoms with Gasteiger partial charge in [0, 0.05) is 23.6 Å². The fourth-order valence-electron chi connectivity index (χ4n) is 3.38. The molecule has 1 aromatic heterocycles. The number of hydrogen-bond acceptors (Lipinski definition) is 4. The average Bonchev–Trinajstić information content (AvgIpc) is 3.26. The number of aromatic nitrogens is 3. The topological polar surface area (TPSA) is 83.1 Å². The summed E-state index contributed by atoms with van der Waals surface area (Å²) in [6.07, 6.45) is 5.18. The van der Waals surface area contributed by atoms with E-state index in [-0.39, 0.29) is 12.1 Å². The number of nitrogens with one attached hydrogen (secondary N) is 2. The Morgan fingerprint density at radius 3 is 3.17 bits per heavy atom. The second kappa shape index (κ2) is 6.32. The van der Waals surface area contributed by atoms with Crippen LogP contribution >= 0.6 is 11.6 Å². The van der Waals surface area contributed by atoms with E-state index >= 15 is 0 Å². The van der Waals surface area contributed by atoms with Gasteiger partial charge in [-0.15, -0.1) is 0 Å². The van der Waals surface area contributed by atoms with Crippen molar-refractivity contribution in [3.63, 3.8) is 0 Å². The minimum Gasteiger partial charge on any atom is -0.491 e. The lowest BCUT2D eigenvalue weighted by molar-refractivity contribution is 0.159. The summed E-state index contributed by atoms with van der Waals surface area (Å²) in [5, 5.41) is 10.3. The van der Waals surface area contributed by atoms with Crippen LogP contribution in [-0.2, 0) is 6.42 Å². The summed E-state index contributed by atoms with van der Waals surface area (Å²) >= 11 is 6.16. The van der Waals surface area contributed by atoms with Crippen LogP contribution in [0.5, 0.6) is 5.75 Å². The van der Waals surface area contributed by atoms with E-state index < -0.39 is 0 Å². The molecule has 1 aromatic carbocycles. The fraction of sp³-hybridized carbons (Fsp3) is 0.438. The van der Waals surface area contributed by atoms with Gasteiger partial charge in [0.25, 0.3) is 0 Å². The van der Waals surface area contributed by atoms with Crippen LogP contribution in [-0.4, -0.2) is 39.3 Å². The molecule has 1 fully saturated rings. The van der Waals surface area contributed by atoms with Gasteiger partial charge in [-0.1, -0.05) is 11.6 Å². The van der Waals surface area contributed by atoms with E-state index in [1.807, 2.05) is 6.07 Å². The first kappa shape index (κ1) is 15.3. The van der Waals surface area contributed by atoms with Crippen LogP contribution in [0.1, 0.15) is 36.7 Å². The number of rotatable bonds is 2. The van der Waals surface area contributed by atoms with Gasteiger partial charge in [0.05, 0.1) is 18.3 Å². The Bertz CT molecular complexity index is 749. The third kappa shape index (κ3) is 2.80. The van der Waals surface area contributed by atoms with Gasteiger partial charge in [-0.25, -0.2) is 9.78 Å². The molecule has 0 saturated carbocycles. The summed E-state index contributed by atoms with van der Waals surface area (Å²) in [6.45, 7) is 1.30. The highest BCUT2D eigenvalue weighted by Crippen LogP contribution is 2.37. The number of carbonyl (C=O) groups is 1. The number of nitrogens with zero attached hydrogens (tertiary/aromatic N) is 3. The maximum absolute atomic E-state index is 12.8. The predicted octanol–water partition coefficient (Wildman–Crippen LogP) is 3.15. The molecule has 7 nitrogen and oxygen atoms in total. The molecule has 2 aliphatic heterocycles. The predicted molar refractivity (Wildman–Crippen MR) is 89.4 cm³/mol. The lowest BCUT2D eigenvalue weighted by Crippen LogP contribution is -2.41. The number of fused-ring (bicyclic) bond motifs is 1. The van der Waals surface area contributed by atoms with Crippen LogP contribution in [0.3, 0.4) is 0 Å². The van der Waals surface area contributed by atoms with Crippen LogP contribution in [0.25, 0.3) is 0 Å². The zero-order chi connectivity index (χ0) is 16.5. The van der Waals surface area contributed by atoms with Crippen molar-refractivity contribution >= 4 is 23.3 Å². The van der Waals surface area contributed by atoms with Crippen LogP contribution in [0.15, 0.2) is 18.5 Å². The summed E-state index contributed by atoms with van der Waals surface area (Å²) in [4.78, 5) is 18.9. The molecule has 0 radical (unpaired) electrons. The fourth-order valence-corrected chi connectivity index (χ4v) is 3.62. The summed E-state index contributed by atoms with van der Waals surface area (Å²) in [5.41, 5.74) is 1.66. The van der Waals surface area contributed by atoms with Gasteiger partial charge < -0.3 is 15.0 Å². The summed E-state index contributed by atoms with van der Waals surface area (Å²) in [5.74, 6) is 1.44. The van der Waals surface area contributed by atoms with Crippen molar-refractivity contribution in [3.8, 4) is 5.75 Å².